The van der Waals surface area contributed by atoms with Crippen molar-refractivity contribution in [3.63, 3.8) is 0 Å². The lowest BCUT2D eigenvalue weighted by molar-refractivity contribution is 0.380. The zero-order valence-corrected chi connectivity index (χ0v) is 15.9. The number of aryl methyl sites for hydroxylation is 1. The molecule has 4 rings (SSSR count). The average molecular weight is 377 g/mol. The van der Waals surface area contributed by atoms with E-state index in [0.717, 1.165) is 23.1 Å². The molecular formula is C20H19N5OS. The van der Waals surface area contributed by atoms with Crippen LogP contribution in [-0.4, -0.2) is 24.9 Å². The van der Waals surface area contributed by atoms with Gasteiger partial charge in [-0.2, -0.15) is 4.98 Å². The molecular weight excluding hydrogens is 358 g/mol. The summed E-state index contributed by atoms with van der Waals surface area (Å²) in [7, 11) is 0. The number of hydrogen-bond acceptors (Lipinski definition) is 6. The van der Waals surface area contributed by atoms with Gasteiger partial charge in [0.15, 0.2) is 5.16 Å². The molecule has 2 aromatic heterocycles. The van der Waals surface area contributed by atoms with E-state index in [9.17, 15) is 0 Å². The summed E-state index contributed by atoms with van der Waals surface area (Å²) < 4.78 is 7.58. The van der Waals surface area contributed by atoms with Crippen LogP contribution in [0.25, 0.3) is 11.4 Å². The minimum Gasteiger partial charge on any atom is -0.338 e. The third kappa shape index (κ3) is 3.93. The van der Waals surface area contributed by atoms with Gasteiger partial charge in [-0.05, 0) is 19.4 Å². The molecule has 27 heavy (non-hydrogen) atoms. The number of nitrogens with zero attached hydrogens (tertiary/aromatic N) is 5. The molecule has 136 valence electrons. The molecule has 0 aliphatic carbocycles. The summed E-state index contributed by atoms with van der Waals surface area (Å²) in [6, 6.07) is 20.1. The Balaban J connectivity index is 1.52. The Morgan fingerprint density at radius 3 is 2.44 bits per heavy atom. The fourth-order valence-corrected chi connectivity index (χ4v) is 3.63. The topological polar surface area (TPSA) is 69.6 Å². The number of thioether (sulfide) groups is 1. The molecule has 0 N–H and O–H groups in total. The van der Waals surface area contributed by atoms with Gasteiger partial charge in [0.2, 0.25) is 11.7 Å². The lowest BCUT2D eigenvalue weighted by Crippen LogP contribution is -2.04. The van der Waals surface area contributed by atoms with Crippen molar-refractivity contribution >= 4 is 11.8 Å². The molecule has 0 saturated heterocycles. The third-order valence-corrected chi connectivity index (χ3v) is 5.26. The van der Waals surface area contributed by atoms with Crippen LogP contribution in [0.15, 0.2) is 70.3 Å². The highest BCUT2D eigenvalue weighted by Crippen LogP contribution is 2.34. The van der Waals surface area contributed by atoms with E-state index in [1.165, 1.54) is 5.56 Å². The molecule has 2 aromatic carbocycles. The Bertz CT molecular complexity index is 1010. The van der Waals surface area contributed by atoms with Gasteiger partial charge < -0.3 is 9.09 Å². The Hall–Kier alpha value is -2.93. The van der Waals surface area contributed by atoms with Crippen LogP contribution in [0, 0.1) is 6.92 Å². The van der Waals surface area contributed by atoms with Crippen LogP contribution in [-0.2, 0) is 6.54 Å². The van der Waals surface area contributed by atoms with Crippen LogP contribution in [0.4, 0.5) is 0 Å². The largest absolute Gasteiger partial charge is 0.338 e. The number of hydrogen-bond donors (Lipinski definition) is 0. The predicted octanol–water partition coefficient (Wildman–Crippen LogP) is 4.54. The molecule has 0 aliphatic heterocycles. The summed E-state index contributed by atoms with van der Waals surface area (Å²) in [5, 5.41) is 13.5. The van der Waals surface area contributed by atoms with E-state index in [0.29, 0.717) is 11.7 Å². The molecule has 0 fully saturated rings. The first-order valence-corrected chi connectivity index (χ1v) is 9.58. The van der Waals surface area contributed by atoms with E-state index in [-0.39, 0.29) is 5.25 Å². The summed E-state index contributed by atoms with van der Waals surface area (Å²) in [6.45, 7) is 4.72. The van der Waals surface area contributed by atoms with E-state index in [1.807, 2.05) is 62.4 Å². The highest BCUT2D eigenvalue weighted by atomic mass is 32.2. The van der Waals surface area contributed by atoms with Gasteiger partial charge in [-0.1, -0.05) is 77.6 Å². The van der Waals surface area contributed by atoms with Crippen molar-refractivity contribution in [3.8, 4) is 11.4 Å². The van der Waals surface area contributed by atoms with Gasteiger partial charge in [-0.3, -0.25) is 0 Å². The van der Waals surface area contributed by atoms with Crippen molar-refractivity contribution in [1.29, 1.82) is 0 Å². The summed E-state index contributed by atoms with van der Waals surface area (Å²) in [6.07, 6.45) is 0. The van der Waals surface area contributed by atoms with Gasteiger partial charge in [0.25, 0.3) is 0 Å². The zero-order valence-electron chi connectivity index (χ0n) is 15.1. The first-order valence-electron chi connectivity index (χ1n) is 8.70. The normalized spacial score (nSPS) is 12.2. The zero-order chi connectivity index (χ0) is 18.6. The molecule has 7 heteroatoms. The standard InChI is InChI=1S/C20H19N5OS/c1-14(19-21-18(24-26-19)17-11-7-4-8-12-17)27-20-23-22-15(2)25(20)13-16-9-5-3-6-10-16/h3-12,14H,13H2,1-2H3. The van der Waals surface area contributed by atoms with E-state index in [1.54, 1.807) is 11.8 Å². The van der Waals surface area contributed by atoms with Crippen molar-refractivity contribution in [1.82, 2.24) is 24.9 Å². The van der Waals surface area contributed by atoms with Crippen molar-refractivity contribution in [2.45, 2.75) is 30.8 Å². The molecule has 2 heterocycles. The monoisotopic (exact) mass is 377 g/mol. The third-order valence-electron chi connectivity index (χ3n) is 4.19. The Morgan fingerprint density at radius 2 is 1.70 bits per heavy atom. The van der Waals surface area contributed by atoms with Crippen molar-refractivity contribution in [3.05, 3.63) is 77.9 Å². The van der Waals surface area contributed by atoms with E-state index in [2.05, 4.69) is 37.0 Å². The fraction of sp³-hybridized carbons (Fsp3) is 0.200. The molecule has 1 unspecified atom stereocenters. The van der Waals surface area contributed by atoms with Gasteiger partial charge >= 0.3 is 0 Å². The summed E-state index contributed by atoms with van der Waals surface area (Å²) in [5.41, 5.74) is 2.15. The van der Waals surface area contributed by atoms with Gasteiger partial charge in [0, 0.05) is 5.56 Å². The molecule has 0 spiro atoms. The summed E-state index contributed by atoms with van der Waals surface area (Å²) in [5.74, 6) is 2.05. The highest BCUT2D eigenvalue weighted by Gasteiger charge is 2.20. The number of aromatic nitrogens is 5. The molecule has 1 atom stereocenters. The quantitative estimate of drug-likeness (QED) is 0.460. The van der Waals surface area contributed by atoms with Crippen LogP contribution in [0.3, 0.4) is 0 Å². The lowest BCUT2D eigenvalue weighted by atomic mass is 10.2. The molecule has 0 saturated carbocycles. The van der Waals surface area contributed by atoms with E-state index < -0.39 is 0 Å². The minimum absolute atomic E-state index is 0.0342. The maximum Gasteiger partial charge on any atom is 0.240 e. The van der Waals surface area contributed by atoms with Crippen molar-refractivity contribution in [2.24, 2.45) is 0 Å². The van der Waals surface area contributed by atoms with Crippen molar-refractivity contribution in [2.75, 3.05) is 0 Å². The fourth-order valence-electron chi connectivity index (χ4n) is 2.71. The first kappa shape index (κ1) is 17.5. The van der Waals surface area contributed by atoms with Crippen LogP contribution < -0.4 is 0 Å². The van der Waals surface area contributed by atoms with Gasteiger partial charge in [-0.25, -0.2) is 0 Å². The molecule has 6 nitrogen and oxygen atoms in total. The van der Waals surface area contributed by atoms with Crippen molar-refractivity contribution < 1.29 is 4.52 Å². The van der Waals surface area contributed by atoms with Crippen LogP contribution in [0.1, 0.15) is 29.5 Å². The minimum atomic E-state index is -0.0342. The number of rotatable bonds is 6. The SMILES string of the molecule is Cc1nnc(SC(C)c2nc(-c3ccccc3)no2)n1Cc1ccccc1. The highest BCUT2D eigenvalue weighted by molar-refractivity contribution is 7.99. The van der Waals surface area contributed by atoms with E-state index >= 15 is 0 Å². The second kappa shape index (κ2) is 7.75. The maximum atomic E-state index is 5.48. The Labute approximate surface area is 161 Å². The molecule has 4 aromatic rings. The maximum absolute atomic E-state index is 5.48. The van der Waals surface area contributed by atoms with Crippen LogP contribution in [0.5, 0.6) is 0 Å². The van der Waals surface area contributed by atoms with Gasteiger partial charge in [0.05, 0.1) is 11.8 Å². The van der Waals surface area contributed by atoms with E-state index in [4.69, 9.17) is 4.52 Å². The smallest absolute Gasteiger partial charge is 0.240 e. The van der Waals surface area contributed by atoms with Gasteiger partial charge in [0.1, 0.15) is 5.82 Å². The number of benzene rings is 2. The van der Waals surface area contributed by atoms with Crippen LogP contribution in [0.2, 0.25) is 0 Å². The second-order valence-electron chi connectivity index (χ2n) is 6.18. The molecule has 0 amide bonds. The molecule has 0 radical (unpaired) electrons. The second-order valence-corrected chi connectivity index (χ2v) is 7.49. The lowest BCUT2D eigenvalue weighted by Gasteiger charge is -2.10. The summed E-state index contributed by atoms with van der Waals surface area (Å²) in [4.78, 5) is 4.54. The predicted molar refractivity (Wildman–Crippen MR) is 104 cm³/mol. The molecule has 0 bridgehead atoms. The Kier molecular flexibility index (Phi) is 5.02. The summed E-state index contributed by atoms with van der Waals surface area (Å²) >= 11 is 1.56. The van der Waals surface area contributed by atoms with Gasteiger partial charge in [-0.15, -0.1) is 10.2 Å². The first-order chi connectivity index (χ1) is 13.2. The average Bonchev–Trinajstić information content (AvgIpc) is 3.32. The Morgan fingerprint density at radius 1 is 1.00 bits per heavy atom. The molecule has 0 aliphatic rings. The van der Waals surface area contributed by atoms with Crippen LogP contribution >= 0.6 is 11.8 Å².